The monoisotopic (exact) mass is 284 g/mol. The summed E-state index contributed by atoms with van der Waals surface area (Å²) in [6, 6.07) is 0. The first-order valence-electron chi connectivity index (χ1n) is 7.19. The van der Waals surface area contributed by atoms with Crippen LogP contribution in [0.3, 0.4) is 0 Å². The van der Waals surface area contributed by atoms with Crippen LogP contribution >= 0.6 is 0 Å². The maximum atomic E-state index is 11.9. The van der Waals surface area contributed by atoms with Crippen molar-refractivity contribution < 1.29 is 19.5 Å². The Balaban J connectivity index is 2.26. The number of carboxylic acids is 1. The highest BCUT2D eigenvalue weighted by Crippen LogP contribution is 2.31. The van der Waals surface area contributed by atoms with Crippen molar-refractivity contribution in [3.63, 3.8) is 0 Å². The van der Waals surface area contributed by atoms with Crippen molar-refractivity contribution in [2.45, 2.75) is 39.5 Å². The smallest absolute Gasteiger partial charge is 0.307 e. The Labute approximate surface area is 119 Å². The number of rotatable bonds is 7. The molecule has 0 aromatic rings. The molecule has 0 aromatic heterocycles. The third kappa shape index (κ3) is 5.19. The molecule has 3 N–H and O–H groups in total. The Bertz CT molecular complexity index is 368. The van der Waals surface area contributed by atoms with Gasteiger partial charge in [-0.3, -0.25) is 14.4 Å². The molecule has 20 heavy (non-hydrogen) atoms. The molecule has 0 heterocycles. The van der Waals surface area contributed by atoms with Gasteiger partial charge < -0.3 is 15.7 Å². The second kappa shape index (κ2) is 7.87. The molecule has 1 fully saturated rings. The van der Waals surface area contributed by atoms with Gasteiger partial charge >= 0.3 is 5.97 Å². The molecule has 114 valence electrons. The highest BCUT2D eigenvalue weighted by Gasteiger charge is 2.37. The number of carbonyl (C=O) groups excluding carboxylic acids is 2. The van der Waals surface area contributed by atoms with Crippen LogP contribution in [0.2, 0.25) is 0 Å². The molecular weight excluding hydrogens is 260 g/mol. The topological polar surface area (TPSA) is 95.5 Å². The highest BCUT2D eigenvalue weighted by atomic mass is 16.4. The number of hydrogen-bond acceptors (Lipinski definition) is 3. The Kier molecular flexibility index (Phi) is 6.48. The number of amides is 2. The van der Waals surface area contributed by atoms with Crippen LogP contribution < -0.4 is 10.6 Å². The van der Waals surface area contributed by atoms with Gasteiger partial charge in [0.2, 0.25) is 11.8 Å². The summed E-state index contributed by atoms with van der Waals surface area (Å²) in [7, 11) is 0. The summed E-state index contributed by atoms with van der Waals surface area (Å²) in [4.78, 5) is 34.4. The van der Waals surface area contributed by atoms with Crippen molar-refractivity contribution in [3.05, 3.63) is 0 Å². The van der Waals surface area contributed by atoms with E-state index in [1.54, 1.807) is 0 Å². The fourth-order valence-corrected chi connectivity index (χ4v) is 2.41. The Morgan fingerprint density at radius 1 is 1.15 bits per heavy atom. The van der Waals surface area contributed by atoms with Crippen LogP contribution in [0.5, 0.6) is 0 Å². The third-order valence-corrected chi connectivity index (χ3v) is 3.53. The molecule has 0 radical (unpaired) electrons. The van der Waals surface area contributed by atoms with Gasteiger partial charge in [0.1, 0.15) is 0 Å². The SMILES string of the molecule is CC(C)CNC(=O)CCNC(=O)[C@@H]1CCC[C@@H]1C(=O)O. The predicted octanol–water partition coefficient (Wildman–Crippen LogP) is 0.766. The molecule has 1 aliphatic carbocycles. The van der Waals surface area contributed by atoms with Crippen molar-refractivity contribution in [2.75, 3.05) is 13.1 Å². The van der Waals surface area contributed by atoms with E-state index in [0.717, 1.165) is 6.42 Å². The molecule has 2 amide bonds. The van der Waals surface area contributed by atoms with Gasteiger partial charge in [0.25, 0.3) is 0 Å². The second-order valence-corrected chi connectivity index (χ2v) is 5.72. The normalized spacial score (nSPS) is 21.8. The third-order valence-electron chi connectivity index (χ3n) is 3.53. The van der Waals surface area contributed by atoms with E-state index in [-0.39, 0.29) is 24.8 Å². The van der Waals surface area contributed by atoms with Crippen LogP contribution in [0.15, 0.2) is 0 Å². The summed E-state index contributed by atoms with van der Waals surface area (Å²) in [6.07, 6.45) is 2.16. The summed E-state index contributed by atoms with van der Waals surface area (Å²) < 4.78 is 0. The zero-order chi connectivity index (χ0) is 15.1. The Hall–Kier alpha value is -1.59. The zero-order valence-corrected chi connectivity index (χ0v) is 12.1. The summed E-state index contributed by atoms with van der Waals surface area (Å²) in [5.74, 6) is -1.89. The first-order valence-corrected chi connectivity index (χ1v) is 7.19. The molecule has 6 heteroatoms. The minimum atomic E-state index is -0.905. The lowest BCUT2D eigenvalue weighted by molar-refractivity contribution is -0.146. The summed E-state index contributed by atoms with van der Waals surface area (Å²) >= 11 is 0. The van der Waals surface area contributed by atoms with E-state index in [1.165, 1.54) is 0 Å². The number of nitrogens with one attached hydrogen (secondary N) is 2. The maximum absolute atomic E-state index is 11.9. The molecule has 0 bridgehead atoms. The molecule has 0 aromatic carbocycles. The lowest BCUT2D eigenvalue weighted by Crippen LogP contribution is -2.37. The maximum Gasteiger partial charge on any atom is 0.307 e. The van der Waals surface area contributed by atoms with Crippen molar-refractivity contribution in [1.29, 1.82) is 0 Å². The molecule has 6 nitrogen and oxygen atoms in total. The van der Waals surface area contributed by atoms with Gasteiger partial charge in [-0.1, -0.05) is 20.3 Å². The van der Waals surface area contributed by atoms with E-state index in [1.807, 2.05) is 13.8 Å². The quantitative estimate of drug-likeness (QED) is 0.643. The van der Waals surface area contributed by atoms with Gasteiger partial charge in [0.15, 0.2) is 0 Å². The fraction of sp³-hybridized carbons (Fsp3) is 0.786. The van der Waals surface area contributed by atoms with E-state index in [4.69, 9.17) is 5.11 Å². The molecule has 1 aliphatic rings. The van der Waals surface area contributed by atoms with E-state index in [0.29, 0.717) is 25.3 Å². The molecule has 0 unspecified atom stereocenters. The zero-order valence-electron chi connectivity index (χ0n) is 12.1. The van der Waals surface area contributed by atoms with E-state index < -0.39 is 17.8 Å². The molecule has 0 spiro atoms. The Morgan fingerprint density at radius 2 is 1.80 bits per heavy atom. The lowest BCUT2D eigenvalue weighted by atomic mass is 9.95. The van der Waals surface area contributed by atoms with Gasteiger partial charge in [0.05, 0.1) is 11.8 Å². The van der Waals surface area contributed by atoms with Crippen LogP contribution in [-0.2, 0) is 14.4 Å². The predicted molar refractivity (Wildman–Crippen MR) is 73.9 cm³/mol. The van der Waals surface area contributed by atoms with Crippen LogP contribution in [0.25, 0.3) is 0 Å². The largest absolute Gasteiger partial charge is 0.481 e. The summed E-state index contributed by atoms with van der Waals surface area (Å²) in [6.45, 7) is 4.89. The second-order valence-electron chi connectivity index (χ2n) is 5.72. The highest BCUT2D eigenvalue weighted by molar-refractivity contribution is 5.85. The van der Waals surface area contributed by atoms with Gasteiger partial charge in [-0.2, -0.15) is 0 Å². The number of aliphatic carboxylic acids is 1. The first-order chi connectivity index (χ1) is 9.41. The summed E-state index contributed by atoms with van der Waals surface area (Å²) in [5, 5.41) is 14.5. The van der Waals surface area contributed by atoms with Gasteiger partial charge in [-0.15, -0.1) is 0 Å². The van der Waals surface area contributed by atoms with Crippen LogP contribution in [0.4, 0.5) is 0 Å². The Morgan fingerprint density at radius 3 is 2.40 bits per heavy atom. The van der Waals surface area contributed by atoms with Crippen LogP contribution in [0.1, 0.15) is 39.5 Å². The number of carbonyl (C=O) groups is 3. The van der Waals surface area contributed by atoms with Gasteiger partial charge in [-0.05, 0) is 18.8 Å². The molecule has 1 saturated carbocycles. The van der Waals surface area contributed by atoms with Gasteiger partial charge in [-0.25, -0.2) is 0 Å². The molecule has 2 atom stereocenters. The van der Waals surface area contributed by atoms with E-state index in [9.17, 15) is 14.4 Å². The van der Waals surface area contributed by atoms with Crippen molar-refractivity contribution in [1.82, 2.24) is 10.6 Å². The lowest BCUT2D eigenvalue weighted by Gasteiger charge is -2.15. The first kappa shape index (κ1) is 16.5. The van der Waals surface area contributed by atoms with Crippen molar-refractivity contribution in [2.24, 2.45) is 17.8 Å². The minimum Gasteiger partial charge on any atom is -0.481 e. The average molecular weight is 284 g/mol. The molecule has 1 rings (SSSR count). The van der Waals surface area contributed by atoms with Crippen molar-refractivity contribution in [3.8, 4) is 0 Å². The molecule has 0 aliphatic heterocycles. The molecular formula is C14H24N2O4. The molecule has 0 saturated heterocycles. The van der Waals surface area contributed by atoms with Crippen LogP contribution in [0, 0.1) is 17.8 Å². The number of carboxylic acid groups (broad SMARTS) is 1. The van der Waals surface area contributed by atoms with E-state index in [2.05, 4.69) is 10.6 Å². The van der Waals surface area contributed by atoms with Gasteiger partial charge in [0, 0.05) is 19.5 Å². The van der Waals surface area contributed by atoms with Crippen molar-refractivity contribution >= 4 is 17.8 Å². The fourth-order valence-electron chi connectivity index (χ4n) is 2.41. The van der Waals surface area contributed by atoms with E-state index >= 15 is 0 Å². The average Bonchev–Trinajstić information content (AvgIpc) is 2.85. The standard InChI is InChI=1S/C14H24N2O4/c1-9(2)8-16-12(17)6-7-15-13(18)10-4-3-5-11(10)14(19)20/h9-11H,3-8H2,1-2H3,(H,15,18)(H,16,17)(H,19,20)/t10-,11+/m1/s1. The van der Waals surface area contributed by atoms with Crippen LogP contribution in [-0.4, -0.2) is 36.0 Å². The number of hydrogen-bond donors (Lipinski definition) is 3. The summed E-state index contributed by atoms with van der Waals surface area (Å²) in [5.41, 5.74) is 0. The minimum absolute atomic E-state index is 0.0970.